The highest BCUT2D eigenvalue weighted by Crippen LogP contribution is 2.18. The Morgan fingerprint density at radius 1 is 1.27 bits per heavy atom. The van der Waals surface area contributed by atoms with Gasteiger partial charge in [-0.2, -0.15) is 0 Å². The van der Waals surface area contributed by atoms with Gasteiger partial charge in [0.15, 0.2) is 0 Å². The predicted molar refractivity (Wildman–Crippen MR) is 65.8 cm³/mol. The van der Waals surface area contributed by atoms with Crippen LogP contribution in [0.5, 0.6) is 0 Å². The Balaban J connectivity index is 2.54. The van der Waals surface area contributed by atoms with Crippen molar-refractivity contribution in [1.82, 2.24) is 4.98 Å². The Kier molecular flexibility index (Phi) is 2.82. The minimum absolute atomic E-state index is 1.07. The molecule has 15 heavy (non-hydrogen) atoms. The van der Waals surface area contributed by atoms with Crippen LogP contribution in [0.3, 0.4) is 0 Å². The number of rotatable bonds is 2. The molecule has 0 radical (unpaired) electrons. The van der Waals surface area contributed by atoms with E-state index in [-0.39, 0.29) is 0 Å². The van der Waals surface area contributed by atoms with Gasteiger partial charge in [-0.05, 0) is 42.7 Å². The summed E-state index contributed by atoms with van der Waals surface area (Å²) in [4.78, 5) is 4.34. The number of fused-ring (bicyclic) bond motifs is 1. The zero-order chi connectivity index (χ0) is 10.7. The molecule has 0 amide bonds. The molecule has 1 heteroatoms. The average molecular weight is 197 g/mol. The first-order valence-corrected chi connectivity index (χ1v) is 5.33. The van der Waals surface area contributed by atoms with Gasteiger partial charge in [0.25, 0.3) is 0 Å². The first-order valence-electron chi connectivity index (χ1n) is 5.33. The minimum atomic E-state index is 1.07. The largest absolute Gasteiger partial charge is 0.256 e. The molecule has 1 aromatic carbocycles. The Morgan fingerprint density at radius 3 is 2.93 bits per heavy atom. The topological polar surface area (TPSA) is 12.9 Å². The molecule has 0 spiro atoms. The van der Waals surface area contributed by atoms with Crippen LogP contribution < -0.4 is 0 Å². The molecule has 76 valence electrons. The number of benzene rings is 1. The van der Waals surface area contributed by atoms with E-state index in [1.165, 1.54) is 16.5 Å². The van der Waals surface area contributed by atoms with Crippen molar-refractivity contribution in [2.45, 2.75) is 20.3 Å². The standard InChI is InChI=1S/C14H15N/c1-3-4-5-12-6-7-14-13(10-12)11(2)8-9-15-14/h4-10H,3H2,1-2H3/b5-4+. The summed E-state index contributed by atoms with van der Waals surface area (Å²) in [5.74, 6) is 0. The monoisotopic (exact) mass is 197 g/mol. The summed E-state index contributed by atoms with van der Waals surface area (Å²) in [5.41, 5.74) is 3.61. The maximum atomic E-state index is 4.34. The summed E-state index contributed by atoms with van der Waals surface area (Å²) >= 11 is 0. The summed E-state index contributed by atoms with van der Waals surface area (Å²) < 4.78 is 0. The first kappa shape index (κ1) is 9.91. The molecular weight excluding hydrogens is 182 g/mol. The van der Waals surface area contributed by atoms with Gasteiger partial charge in [-0.3, -0.25) is 4.98 Å². The SMILES string of the molecule is CC/C=C/c1ccc2nccc(C)c2c1. The second-order valence-corrected chi connectivity index (χ2v) is 3.72. The lowest BCUT2D eigenvalue weighted by molar-refractivity contribution is 1.23. The lowest BCUT2D eigenvalue weighted by Crippen LogP contribution is -1.83. The van der Waals surface area contributed by atoms with E-state index in [4.69, 9.17) is 0 Å². The minimum Gasteiger partial charge on any atom is -0.256 e. The number of aromatic nitrogens is 1. The lowest BCUT2D eigenvalue weighted by Gasteiger charge is -2.02. The van der Waals surface area contributed by atoms with Gasteiger partial charge in [0.1, 0.15) is 0 Å². The van der Waals surface area contributed by atoms with Crippen LogP contribution in [0.4, 0.5) is 0 Å². The number of hydrogen-bond donors (Lipinski definition) is 0. The molecule has 0 bridgehead atoms. The van der Waals surface area contributed by atoms with Crippen LogP contribution in [0.25, 0.3) is 17.0 Å². The molecule has 0 saturated carbocycles. The fourth-order valence-corrected chi connectivity index (χ4v) is 1.66. The van der Waals surface area contributed by atoms with Crippen LogP contribution in [0.1, 0.15) is 24.5 Å². The summed E-state index contributed by atoms with van der Waals surface area (Å²) in [6.07, 6.45) is 7.27. The van der Waals surface area contributed by atoms with E-state index in [1.54, 1.807) is 0 Å². The van der Waals surface area contributed by atoms with Gasteiger partial charge in [-0.25, -0.2) is 0 Å². The number of aryl methyl sites for hydroxylation is 1. The van der Waals surface area contributed by atoms with Crippen molar-refractivity contribution in [1.29, 1.82) is 0 Å². The van der Waals surface area contributed by atoms with Gasteiger partial charge < -0.3 is 0 Å². The molecule has 1 nitrogen and oxygen atoms in total. The Hall–Kier alpha value is -1.63. The molecule has 0 aliphatic carbocycles. The second kappa shape index (κ2) is 4.26. The third-order valence-electron chi connectivity index (χ3n) is 2.53. The van der Waals surface area contributed by atoms with Gasteiger partial charge >= 0.3 is 0 Å². The molecule has 0 atom stereocenters. The van der Waals surface area contributed by atoms with E-state index in [0.29, 0.717) is 0 Å². The van der Waals surface area contributed by atoms with E-state index in [2.05, 4.69) is 55.2 Å². The van der Waals surface area contributed by atoms with Crippen molar-refractivity contribution < 1.29 is 0 Å². The number of nitrogens with zero attached hydrogens (tertiary/aromatic N) is 1. The summed E-state index contributed by atoms with van der Waals surface area (Å²) in [7, 11) is 0. The molecule has 2 aromatic rings. The van der Waals surface area contributed by atoms with Crippen LogP contribution in [-0.4, -0.2) is 4.98 Å². The molecule has 0 unspecified atom stereocenters. The molecule has 0 saturated heterocycles. The van der Waals surface area contributed by atoms with E-state index < -0.39 is 0 Å². The first-order chi connectivity index (χ1) is 7.31. The summed E-state index contributed by atoms with van der Waals surface area (Å²) in [6, 6.07) is 8.44. The van der Waals surface area contributed by atoms with E-state index in [9.17, 15) is 0 Å². The average Bonchev–Trinajstić information content (AvgIpc) is 2.27. The third-order valence-corrected chi connectivity index (χ3v) is 2.53. The predicted octanol–water partition coefficient (Wildman–Crippen LogP) is 3.97. The maximum Gasteiger partial charge on any atom is 0.0705 e. The smallest absolute Gasteiger partial charge is 0.0705 e. The number of pyridine rings is 1. The summed E-state index contributed by atoms with van der Waals surface area (Å²) in [6.45, 7) is 4.27. The molecule has 1 aromatic heterocycles. The normalized spacial score (nSPS) is 11.3. The zero-order valence-corrected chi connectivity index (χ0v) is 9.20. The van der Waals surface area contributed by atoms with Crippen molar-refractivity contribution >= 4 is 17.0 Å². The highest BCUT2D eigenvalue weighted by atomic mass is 14.6. The lowest BCUT2D eigenvalue weighted by atomic mass is 10.1. The molecule has 1 heterocycles. The maximum absolute atomic E-state index is 4.34. The van der Waals surface area contributed by atoms with E-state index in [0.717, 1.165) is 11.9 Å². The van der Waals surface area contributed by atoms with Crippen LogP contribution in [0.2, 0.25) is 0 Å². The highest BCUT2D eigenvalue weighted by molar-refractivity contribution is 5.84. The Labute approximate surface area is 90.5 Å². The molecule has 0 aliphatic heterocycles. The molecule has 2 rings (SSSR count). The van der Waals surface area contributed by atoms with Crippen LogP contribution >= 0.6 is 0 Å². The molecule has 0 N–H and O–H groups in total. The Bertz CT molecular complexity index is 498. The van der Waals surface area contributed by atoms with Crippen LogP contribution in [0.15, 0.2) is 36.5 Å². The fourth-order valence-electron chi connectivity index (χ4n) is 1.66. The van der Waals surface area contributed by atoms with Crippen molar-refractivity contribution in [2.24, 2.45) is 0 Å². The number of hydrogen-bond acceptors (Lipinski definition) is 1. The molecule has 0 fully saturated rings. The third kappa shape index (κ3) is 2.07. The summed E-state index contributed by atoms with van der Waals surface area (Å²) in [5, 5.41) is 1.25. The van der Waals surface area contributed by atoms with Crippen molar-refractivity contribution in [2.75, 3.05) is 0 Å². The van der Waals surface area contributed by atoms with Gasteiger partial charge in [-0.15, -0.1) is 0 Å². The highest BCUT2D eigenvalue weighted by Gasteiger charge is 1.97. The zero-order valence-electron chi connectivity index (χ0n) is 9.20. The van der Waals surface area contributed by atoms with Gasteiger partial charge in [-0.1, -0.05) is 25.1 Å². The van der Waals surface area contributed by atoms with Crippen molar-refractivity contribution in [3.05, 3.63) is 47.7 Å². The quantitative estimate of drug-likeness (QED) is 0.710. The second-order valence-electron chi connectivity index (χ2n) is 3.72. The van der Waals surface area contributed by atoms with Crippen LogP contribution in [-0.2, 0) is 0 Å². The Morgan fingerprint density at radius 2 is 2.13 bits per heavy atom. The van der Waals surface area contributed by atoms with Crippen LogP contribution in [0, 0.1) is 6.92 Å². The van der Waals surface area contributed by atoms with E-state index in [1.807, 2.05) is 6.20 Å². The van der Waals surface area contributed by atoms with Gasteiger partial charge in [0.2, 0.25) is 0 Å². The van der Waals surface area contributed by atoms with Crippen molar-refractivity contribution in [3.8, 4) is 0 Å². The van der Waals surface area contributed by atoms with E-state index >= 15 is 0 Å². The number of allylic oxidation sites excluding steroid dienone is 1. The molecular formula is C14H15N. The van der Waals surface area contributed by atoms with Gasteiger partial charge in [0, 0.05) is 11.6 Å². The van der Waals surface area contributed by atoms with Crippen molar-refractivity contribution in [3.63, 3.8) is 0 Å². The molecule has 0 aliphatic rings. The fraction of sp³-hybridized carbons (Fsp3) is 0.214. The van der Waals surface area contributed by atoms with Gasteiger partial charge in [0.05, 0.1) is 5.52 Å².